The first-order chi connectivity index (χ1) is 10.6. The molecule has 6 heteroatoms. The molecule has 1 N–H and O–H groups in total. The third-order valence-corrected chi connectivity index (χ3v) is 5.08. The maximum absolute atomic E-state index is 12.3. The van der Waals surface area contributed by atoms with Crippen molar-refractivity contribution in [3.8, 4) is 0 Å². The average molecular weight is 323 g/mol. The van der Waals surface area contributed by atoms with E-state index < -0.39 is 0 Å². The standard InChI is InChI=1S/C16H25N3O2S/c1-17-8-5-13-6-9-19(10-7-13)15(20)12-18(2)16(21)14-4-3-11-22-14/h3-4,11,13,17H,5-10,12H2,1-2H3. The number of amides is 2. The molecule has 0 bridgehead atoms. The molecule has 2 rings (SSSR count). The Balaban J connectivity index is 1.77. The summed E-state index contributed by atoms with van der Waals surface area (Å²) in [5, 5.41) is 5.05. The number of likely N-dealkylation sites (N-methyl/N-ethyl adjacent to an activating group) is 1. The van der Waals surface area contributed by atoms with Crippen molar-refractivity contribution in [2.45, 2.75) is 19.3 Å². The number of thiophene rings is 1. The third-order valence-electron chi connectivity index (χ3n) is 4.22. The molecule has 0 saturated carbocycles. The van der Waals surface area contributed by atoms with Gasteiger partial charge in [0.05, 0.1) is 11.4 Å². The van der Waals surface area contributed by atoms with E-state index in [2.05, 4.69) is 5.32 Å². The number of hydrogen-bond donors (Lipinski definition) is 1. The molecular weight excluding hydrogens is 298 g/mol. The minimum Gasteiger partial charge on any atom is -0.341 e. The summed E-state index contributed by atoms with van der Waals surface area (Å²) in [5.74, 6) is 0.689. The van der Waals surface area contributed by atoms with Crippen LogP contribution in [0.25, 0.3) is 0 Å². The maximum atomic E-state index is 12.3. The first kappa shape index (κ1) is 17.0. The molecule has 2 heterocycles. The Labute approximate surface area is 136 Å². The summed E-state index contributed by atoms with van der Waals surface area (Å²) >= 11 is 1.41. The number of likely N-dealkylation sites (tertiary alicyclic amines) is 1. The van der Waals surface area contributed by atoms with Gasteiger partial charge in [-0.3, -0.25) is 9.59 Å². The molecule has 1 aromatic heterocycles. The Hall–Kier alpha value is -1.40. The molecule has 2 amide bonds. The summed E-state index contributed by atoms with van der Waals surface area (Å²) in [4.78, 5) is 28.6. The highest BCUT2D eigenvalue weighted by atomic mass is 32.1. The van der Waals surface area contributed by atoms with Crippen molar-refractivity contribution in [1.29, 1.82) is 0 Å². The zero-order chi connectivity index (χ0) is 15.9. The highest BCUT2D eigenvalue weighted by Crippen LogP contribution is 2.20. The molecule has 1 aliphatic heterocycles. The molecule has 1 saturated heterocycles. The zero-order valence-corrected chi connectivity index (χ0v) is 14.2. The van der Waals surface area contributed by atoms with Crippen LogP contribution in [0.1, 0.15) is 28.9 Å². The predicted molar refractivity (Wildman–Crippen MR) is 89.1 cm³/mol. The van der Waals surface area contributed by atoms with Crippen LogP contribution in [0, 0.1) is 5.92 Å². The second-order valence-electron chi connectivity index (χ2n) is 5.85. The number of carbonyl (C=O) groups is 2. The predicted octanol–water partition coefficient (Wildman–Crippen LogP) is 1.67. The number of piperidine rings is 1. The number of nitrogens with one attached hydrogen (secondary N) is 1. The van der Waals surface area contributed by atoms with E-state index in [0.29, 0.717) is 10.8 Å². The first-order valence-electron chi connectivity index (χ1n) is 7.83. The molecule has 0 radical (unpaired) electrons. The van der Waals surface area contributed by atoms with Crippen molar-refractivity contribution in [3.05, 3.63) is 22.4 Å². The van der Waals surface area contributed by atoms with Gasteiger partial charge >= 0.3 is 0 Å². The van der Waals surface area contributed by atoms with Crippen LogP contribution in [-0.4, -0.2) is 61.9 Å². The highest BCUT2D eigenvalue weighted by Gasteiger charge is 2.24. The van der Waals surface area contributed by atoms with Crippen LogP contribution in [0.15, 0.2) is 17.5 Å². The minimum atomic E-state index is -0.0766. The molecule has 1 fully saturated rings. The summed E-state index contributed by atoms with van der Waals surface area (Å²) < 4.78 is 0. The molecular formula is C16H25N3O2S. The summed E-state index contributed by atoms with van der Waals surface area (Å²) in [7, 11) is 3.67. The summed E-state index contributed by atoms with van der Waals surface area (Å²) in [6.45, 7) is 2.83. The van der Waals surface area contributed by atoms with E-state index >= 15 is 0 Å². The van der Waals surface area contributed by atoms with Crippen LogP contribution in [0.4, 0.5) is 0 Å². The van der Waals surface area contributed by atoms with Crippen molar-refractivity contribution in [1.82, 2.24) is 15.1 Å². The second-order valence-corrected chi connectivity index (χ2v) is 6.80. The monoisotopic (exact) mass is 323 g/mol. The van der Waals surface area contributed by atoms with Crippen molar-refractivity contribution in [3.63, 3.8) is 0 Å². The Kier molecular flexibility index (Phi) is 6.39. The molecule has 0 unspecified atom stereocenters. The lowest BCUT2D eigenvalue weighted by atomic mass is 9.93. The fourth-order valence-electron chi connectivity index (χ4n) is 2.78. The Morgan fingerprint density at radius 1 is 1.41 bits per heavy atom. The van der Waals surface area contributed by atoms with Gasteiger partial charge in [-0.15, -0.1) is 11.3 Å². The molecule has 0 aromatic carbocycles. The average Bonchev–Trinajstić information content (AvgIpc) is 3.06. The summed E-state index contributed by atoms with van der Waals surface area (Å²) in [5.41, 5.74) is 0. The van der Waals surface area contributed by atoms with Gasteiger partial charge in [-0.25, -0.2) is 0 Å². The lowest BCUT2D eigenvalue weighted by Crippen LogP contribution is -2.44. The normalized spacial score (nSPS) is 15.8. The Morgan fingerprint density at radius 3 is 2.73 bits per heavy atom. The van der Waals surface area contributed by atoms with Crippen molar-refractivity contribution >= 4 is 23.2 Å². The molecule has 1 aliphatic rings. The number of rotatable bonds is 6. The van der Waals surface area contributed by atoms with Gasteiger partial charge in [0, 0.05) is 20.1 Å². The van der Waals surface area contributed by atoms with Gasteiger partial charge in [0.25, 0.3) is 5.91 Å². The summed E-state index contributed by atoms with van der Waals surface area (Å²) in [6.07, 6.45) is 3.31. The minimum absolute atomic E-state index is 0.0551. The lowest BCUT2D eigenvalue weighted by molar-refractivity contribution is -0.133. The van der Waals surface area contributed by atoms with Gasteiger partial charge in [-0.2, -0.15) is 0 Å². The van der Waals surface area contributed by atoms with E-state index in [1.165, 1.54) is 22.7 Å². The molecule has 22 heavy (non-hydrogen) atoms. The van der Waals surface area contributed by atoms with Crippen LogP contribution in [0.5, 0.6) is 0 Å². The lowest BCUT2D eigenvalue weighted by Gasteiger charge is -2.33. The maximum Gasteiger partial charge on any atom is 0.264 e. The highest BCUT2D eigenvalue weighted by molar-refractivity contribution is 7.12. The second kappa shape index (κ2) is 8.29. The van der Waals surface area contributed by atoms with E-state index in [4.69, 9.17) is 0 Å². The van der Waals surface area contributed by atoms with Gasteiger partial charge in [-0.1, -0.05) is 6.07 Å². The fraction of sp³-hybridized carbons (Fsp3) is 0.625. The quantitative estimate of drug-likeness (QED) is 0.866. The molecule has 0 spiro atoms. The van der Waals surface area contributed by atoms with E-state index in [1.807, 2.05) is 23.4 Å². The van der Waals surface area contributed by atoms with Gasteiger partial charge in [-0.05, 0) is 50.2 Å². The van der Waals surface area contributed by atoms with Crippen LogP contribution < -0.4 is 5.32 Å². The van der Waals surface area contributed by atoms with E-state index in [-0.39, 0.29) is 18.4 Å². The van der Waals surface area contributed by atoms with Gasteiger partial charge in [0.15, 0.2) is 0 Å². The summed E-state index contributed by atoms with van der Waals surface area (Å²) in [6, 6.07) is 3.64. The SMILES string of the molecule is CNCCC1CCN(C(=O)CN(C)C(=O)c2cccs2)CC1. The van der Waals surface area contributed by atoms with Gasteiger partial charge in [0.1, 0.15) is 0 Å². The number of carbonyl (C=O) groups excluding carboxylic acids is 2. The molecule has 0 aliphatic carbocycles. The number of hydrogen-bond acceptors (Lipinski definition) is 4. The molecule has 5 nitrogen and oxygen atoms in total. The topological polar surface area (TPSA) is 52.7 Å². The van der Waals surface area contributed by atoms with E-state index in [9.17, 15) is 9.59 Å². The van der Waals surface area contributed by atoms with Crippen LogP contribution in [0.2, 0.25) is 0 Å². The van der Waals surface area contributed by atoms with Crippen molar-refractivity contribution in [2.24, 2.45) is 5.92 Å². The van der Waals surface area contributed by atoms with Crippen LogP contribution >= 0.6 is 11.3 Å². The van der Waals surface area contributed by atoms with Crippen molar-refractivity contribution in [2.75, 3.05) is 40.3 Å². The largest absolute Gasteiger partial charge is 0.341 e. The Morgan fingerprint density at radius 2 is 2.14 bits per heavy atom. The van der Waals surface area contributed by atoms with Crippen LogP contribution in [0.3, 0.4) is 0 Å². The van der Waals surface area contributed by atoms with Crippen LogP contribution in [-0.2, 0) is 4.79 Å². The zero-order valence-electron chi connectivity index (χ0n) is 13.4. The van der Waals surface area contributed by atoms with E-state index in [1.54, 1.807) is 13.1 Å². The van der Waals surface area contributed by atoms with Gasteiger partial charge < -0.3 is 15.1 Å². The van der Waals surface area contributed by atoms with E-state index in [0.717, 1.165) is 32.5 Å². The van der Waals surface area contributed by atoms with Gasteiger partial charge in [0.2, 0.25) is 5.91 Å². The third kappa shape index (κ3) is 4.55. The first-order valence-corrected chi connectivity index (χ1v) is 8.71. The van der Waals surface area contributed by atoms with Crippen molar-refractivity contribution < 1.29 is 9.59 Å². The fourth-order valence-corrected chi connectivity index (χ4v) is 3.50. The molecule has 122 valence electrons. The molecule has 0 atom stereocenters. The smallest absolute Gasteiger partial charge is 0.264 e. The molecule has 1 aromatic rings. The number of nitrogens with zero attached hydrogens (tertiary/aromatic N) is 2. The Bertz CT molecular complexity index is 482.